The van der Waals surface area contributed by atoms with Crippen molar-refractivity contribution in [2.24, 2.45) is 0 Å². The number of carbonyl (C=O) groups excluding carboxylic acids is 1. The molecule has 1 atom stereocenters. The number of urea groups is 1. The maximum Gasteiger partial charge on any atom is 0.317 e. The van der Waals surface area contributed by atoms with Crippen molar-refractivity contribution in [3.05, 3.63) is 42.0 Å². The number of carbonyl (C=O) groups is 1. The Morgan fingerprint density at radius 1 is 1.35 bits per heavy atom. The molecular formula is C16H22N2O2. The summed E-state index contributed by atoms with van der Waals surface area (Å²) in [5.74, 6) is 0. The summed E-state index contributed by atoms with van der Waals surface area (Å²) in [6.45, 7) is 1.29. The minimum absolute atomic E-state index is 0.0261. The zero-order chi connectivity index (χ0) is 14.2. The van der Waals surface area contributed by atoms with Gasteiger partial charge in [-0.3, -0.25) is 0 Å². The molecule has 0 aromatic heterocycles. The standard InChI is InChI=1S/C16H22N2O2/c19-13-15-10-4-5-12-18(15)16(20)17-11-6-9-14-7-2-1-3-8-14/h1-3,6-9,15,19H,4-5,10-13H2,(H,17,20)/b9-6+/t15-/m0/s1. The number of aliphatic hydroxyl groups excluding tert-OH is 1. The third-order valence-electron chi connectivity index (χ3n) is 3.58. The molecule has 2 rings (SSSR count). The van der Waals surface area contributed by atoms with Gasteiger partial charge in [0.15, 0.2) is 0 Å². The van der Waals surface area contributed by atoms with E-state index in [-0.39, 0.29) is 18.7 Å². The van der Waals surface area contributed by atoms with E-state index in [1.54, 1.807) is 4.90 Å². The van der Waals surface area contributed by atoms with Gasteiger partial charge in [0.1, 0.15) is 0 Å². The molecule has 1 aromatic carbocycles. The summed E-state index contributed by atoms with van der Waals surface area (Å²) in [5.41, 5.74) is 1.12. The van der Waals surface area contributed by atoms with Crippen molar-refractivity contribution in [2.45, 2.75) is 25.3 Å². The van der Waals surface area contributed by atoms with Crippen LogP contribution in [0.5, 0.6) is 0 Å². The molecule has 1 saturated heterocycles. The predicted molar refractivity (Wildman–Crippen MR) is 80.3 cm³/mol. The molecule has 0 aliphatic carbocycles. The molecule has 0 unspecified atom stereocenters. The van der Waals surface area contributed by atoms with Gasteiger partial charge in [-0.15, -0.1) is 0 Å². The van der Waals surface area contributed by atoms with Crippen molar-refractivity contribution >= 4 is 12.1 Å². The van der Waals surface area contributed by atoms with Gasteiger partial charge in [0.2, 0.25) is 0 Å². The summed E-state index contributed by atoms with van der Waals surface area (Å²) < 4.78 is 0. The van der Waals surface area contributed by atoms with Crippen LogP contribution < -0.4 is 5.32 Å². The number of nitrogens with zero attached hydrogens (tertiary/aromatic N) is 1. The number of amides is 2. The molecule has 0 spiro atoms. The monoisotopic (exact) mass is 274 g/mol. The Labute approximate surface area is 120 Å². The number of rotatable bonds is 4. The number of piperidine rings is 1. The van der Waals surface area contributed by atoms with Gasteiger partial charge in [0.25, 0.3) is 0 Å². The Morgan fingerprint density at radius 2 is 2.15 bits per heavy atom. The van der Waals surface area contributed by atoms with Crippen molar-refractivity contribution in [1.29, 1.82) is 0 Å². The van der Waals surface area contributed by atoms with E-state index in [1.807, 2.05) is 42.5 Å². The molecule has 0 bridgehead atoms. The number of benzene rings is 1. The summed E-state index contributed by atoms with van der Waals surface area (Å²) in [5, 5.41) is 12.2. The van der Waals surface area contributed by atoms with Gasteiger partial charge >= 0.3 is 6.03 Å². The Kier molecular flexibility index (Phi) is 5.62. The molecule has 1 aliphatic rings. The van der Waals surface area contributed by atoms with E-state index in [2.05, 4.69) is 5.32 Å². The zero-order valence-corrected chi connectivity index (χ0v) is 11.7. The fourth-order valence-corrected chi connectivity index (χ4v) is 2.46. The van der Waals surface area contributed by atoms with E-state index in [1.165, 1.54) is 0 Å². The molecule has 0 saturated carbocycles. The third kappa shape index (κ3) is 4.10. The normalized spacial score (nSPS) is 19.2. The molecule has 108 valence electrons. The minimum atomic E-state index is -0.0820. The average molecular weight is 274 g/mol. The molecule has 1 aliphatic heterocycles. The van der Waals surface area contributed by atoms with Gasteiger partial charge < -0.3 is 15.3 Å². The molecule has 20 heavy (non-hydrogen) atoms. The number of aliphatic hydroxyl groups is 1. The van der Waals surface area contributed by atoms with E-state index in [4.69, 9.17) is 0 Å². The topological polar surface area (TPSA) is 52.6 Å². The van der Waals surface area contributed by atoms with Gasteiger partial charge in [0, 0.05) is 13.1 Å². The summed E-state index contributed by atoms with van der Waals surface area (Å²) in [7, 11) is 0. The van der Waals surface area contributed by atoms with Crippen molar-refractivity contribution < 1.29 is 9.90 Å². The lowest BCUT2D eigenvalue weighted by molar-refractivity contribution is 0.108. The van der Waals surface area contributed by atoms with E-state index in [0.29, 0.717) is 6.54 Å². The number of likely N-dealkylation sites (tertiary alicyclic amines) is 1. The first-order chi connectivity index (χ1) is 9.81. The average Bonchev–Trinajstić information content (AvgIpc) is 2.52. The van der Waals surface area contributed by atoms with Crippen LogP contribution in [0, 0.1) is 0 Å². The lowest BCUT2D eigenvalue weighted by Crippen LogP contribution is -2.50. The second kappa shape index (κ2) is 7.70. The summed E-state index contributed by atoms with van der Waals surface area (Å²) in [6, 6.07) is 9.87. The van der Waals surface area contributed by atoms with Crippen LogP contribution in [-0.4, -0.2) is 41.8 Å². The fourth-order valence-electron chi connectivity index (χ4n) is 2.46. The molecule has 2 N–H and O–H groups in total. The highest BCUT2D eigenvalue weighted by Crippen LogP contribution is 2.16. The Bertz CT molecular complexity index is 445. The van der Waals surface area contributed by atoms with E-state index in [0.717, 1.165) is 31.4 Å². The van der Waals surface area contributed by atoms with Crippen LogP contribution in [0.25, 0.3) is 6.08 Å². The lowest BCUT2D eigenvalue weighted by Gasteiger charge is -2.34. The van der Waals surface area contributed by atoms with E-state index in [9.17, 15) is 9.90 Å². The van der Waals surface area contributed by atoms with Crippen molar-refractivity contribution in [1.82, 2.24) is 10.2 Å². The van der Waals surface area contributed by atoms with Crippen LogP contribution in [0.1, 0.15) is 24.8 Å². The molecular weight excluding hydrogens is 252 g/mol. The number of nitrogens with one attached hydrogen (secondary N) is 1. The molecule has 2 amide bonds. The first-order valence-corrected chi connectivity index (χ1v) is 7.18. The Balaban J connectivity index is 1.78. The highest BCUT2D eigenvalue weighted by molar-refractivity contribution is 5.75. The molecule has 1 aromatic rings. The van der Waals surface area contributed by atoms with Crippen LogP contribution in [0.15, 0.2) is 36.4 Å². The largest absolute Gasteiger partial charge is 0.394 e. The second-order valence-electron chi connectivity index (χ2n) is 5.02. The molecule has 1 heterocycles. The maximum atomic E-state index is 12.0. The van der Waals surface area contributed by atoms with Gasteiger partial charge in [-0.25, -0.2) is 4.79 Å². The lowest BCUT2D eigenvalue weighted by atomic mass is 10.0. The Hall–Kier alpha value is -1.81. The van der Waals surface area contributed by atoms with Crippen LogP contribution in [-0.2, 0) is 0 Å². The fraction of sp³-hybridized carbons (Fsp3) is 0.438. The van der Waals surface area contributed by atoms with Crippen LogP contribution in [0.4, 0.5) is 4.79 Å². The van der Waals surface area contributed by atoms with E-state index >= 15 is 0 Å². The second-order valence-corrected chi connectivity index (χ2v) is 5.02. The van der Waals surface area contributed by atoms with Crippen LogP contribution in [0.3, 0.4) is 0 Å². The van der Waals surface area contributed by atoms with Gasteiger partial charge in [-0.05, 0) is 24.8 Å². The van der Waals surface area contributed by atoms with Crippen molar-refractivity contribution in [3.8, 4) is 0 Å². The summed E-state index contributed by atoms with van der Waals surface area (Å²) >= 11 is 0. The predicted octanol–water partition coefficient (Wildman–Crippen LogP) is 2.26. The van der Waals surface area contributed by atoms with E-state index < -0.39 is 0 Å². The SMILES string of the molecule is O=C(NC/C=C/c1ccccc1)N1CCCC[C@H]1CO. The smallest absolute Gasteiger partial charge is 0.317 e. The molecule has 1 fully saturated rings. The molecule has 4 nitrogen and oxygen atoms in total. The first-order valence-electron chi connectivity index (χ1n) is 7.18. The number of hydrogen-bond acceptors (Lipinski definition) is 2. The van der Waals surface area contributed by atoms with Crippen LogP contribution >= 0.6 is 0 Å². The van der Waals surface area contributed by atoms with Gasteiger partial charge in [0.05, 0.1) is 12.6 Å². The van der Waals surface area contributed by atoms with Crippen molar-refractivity contribution in [2.75, 3.05) is 19.7 Å². The third-order valence-corrected chi connectivity index (χ3v) is 3.58. The summed E-state index contributed by atoms with van der Waals surface area (Å²) in [4.78, 5) is 13.8. The van der Waals surface area contributed by atoms with Crippen LogP contribution in [0.2, 0.25) is 0 Å². The minimum Gasteiger partial charge on any atom is -0.394 e. The van der Waals surface area contributed by atoms with Gasteiger partial charge in [-0.2, -0.15) is 0 Å². The Morgan fingerprint density at radius 3 is 2.90 bits per heavy atom. The maximum absolute atomic E-state index is 12.0. The molecule has 4 heteroatoms. The zero-order valence-electron chi connectivity index (χ0n) is 11.7. The quantitative estimate of drug-likeness (QED) is 0.885. The first kappa shape index (κ1) is 14.6. The van der Waals surface area contributed by atoms with Gasteiger partial charge in [-0.1, -0.05) is 42.5 Å². The number of hydrogen-bond donors (Lipinski definition) is 2. The summed E-state index contributed by atoms with van der Waals surface area (Å²) in [6.07, 6.45) is 6.92. The van der Waals surface area contributed by atoms with Crippen molar-refractivity contribution in [3.63, 3.8) is 0 Å². The highest BCUT2D eigenvalue weighted by Gasteiger charge is 2.25. The molecule has 0 radical (unpaired) electrons. The highest BCUT2D eigenvalue weighted by atomic mass is 16.3.